The molecule has 2 rings (SSSR count). The van der Waals surface area contributed by atoms with E-state index >= 15 is 0 Å². The van der Waals surface area contributed by atoms with E-state index in [9.17, 15) is 0 Å². The van der Waals surface area contributed by atoms with Crippen LogP contribution in [0.2, 0.25) is 0 Å². The highest BCUT2D eigenvalue weighted by atomic mass is 15.0. The lowest BCUT2D eigenvalue weighted by Gasteiger charge is -2.36. The van der Waals surface area contributed by atoms with E-state index in [1.807, 2.05) is 0 Å². The summed E-state index contributed by atoms with van der Waals surface area (Å²) in [4.78, 5) is 0. The maximum Gasteiger partial charge on any atom is 0.0308 e. The third kappa shape index (κ3) is 2.57. The molecule has 90 valence electrons. The second kappa shape index (κ2) is 5.18. The molecule has 1 N–H and O–H groups in total. The van der Waals surface area contributed by atoms with Crippen LogP contribution in [0.25, 0.3) is 0 Å². The van der Waals surface area contributed by atoms with Crippen molar-refractivity contribution < 1.29 is 0 Å². The molecule has 16 heavy (non-hydrogen) atoms. The average Bonchev–Trinajstić information content (AvgIpc) is 2.62. The smallest absolute Gasteiger partial charge is 0.0308 e. The largest absolute Gasteiger partial charge is 0.304 e. The highest BCUT2D eigenvalue weighted by molar-refractivity contribution is 5.15. The number of hydrogen-bond donors (Lipinski definition) is 1. The molecule has 0 radical (unpaired) electrons. The van der Waals surface area contributed by atoms with Crippen molar-refractivity contribution in [2.24, 2.45) is 11.8 Å². The molecular weight excluding hydrogens is 194 g/mol. The molecule has 0 aromatic carbocycles. The Morgan fingerprint density at radius 3 is 2.50 bits per heavy atom. The van der Waals surface area contributed by atoms with Crippen molar-refractivity contribution in [3.05, 3.63) is 24.3 Å². The van der Waals surface area contributed by atoms with Crippen molar-refractivity contribution in [2.75, 3.05) is 0 Å². The van der Waals surface area contributed by atoms with Gasteiger partial charge >= 0.3 is 0 Å². The van der Waals surface area contributed by atoms with Crippen molar-refractivity contribution in [3.63, 3.8) is 0 Å². The summed E-state index contributed by atoms with van der Waals surface area (Å²) in [6.45, 7) is 8.97. The van der Waals surface area contributed by atoms with Crippen LogP contribution in [0.1, 0.15) is 46.0 Å². The van der Waals surface area contributed by atoms with Gasteiger partial charge in [0.05, 0.1) is 0 Å². The second-order valence-corrected chi connectivity index (χ2v) is 5.70. The topological polar surface area (TPSA) is 12.0 Å². The monoisotopic (exact) mass is 219 g/mol. The average molecular weight is 219 g/mol. The van der Waals surface area contributed by atoms with E-state index in [1.54, 1.807) is 0 Å². The number of rotatable bonds is 5. The molecule has 0 amide bonds. The van der Waals surface area contributed by atoms with Gasteiger partial charge in [-0.1, -0.05) is 44.6 Å². The predicted octanol–water partition coefficient (Wildman–Crippen LogP) is 3.68. The van der Waals surface area contributed by atoms with E-state index in [4.69, 9.17) is 0 Å². The van der Waals surface area contributed by atoms with Gasteiger partial charge in [-0.05, 0) is 37.5 Å². The van der Waals surface area contributed by atoms with E-state index in [0.717, 1.165) is 5.92 Å². The third-order valence-corrected chi connectivity index (χ3v) is 4.10. The molecule has 0 bridgehead atoms. The molecular formula is C15H25N. The fraction of sp³-hybridized carbons (Fsp3) is 0.733. The highest BCUT2D eigenvalue weighted by Gasteiger charge is 2.28. The SMILES string of the molecule is C=C(C1CCC1)C(NC1C=CCC1)C(C)C. The van der Waals surface area contributed by atoms with Crippen molar-refractivity contribution in [1.82, 2.24) is 5.32 Å². The Bertz CT molecular complexity index is 273. The Morgan fingerprint density at radius 1 is 1.31 bits per heavy atom. The van der Waals surface area contributed by atoms with Gasteiger partial charge in [-0.25, -0.2) is 0 Å². The van der Waals surface area contributed by atoms with E-state index < -0.39 is 0 Å². The predicted molar refractivity (Wildman–Crippen MR) is 70.4 cm³/mol. The molecule has 2 unspecified atom stereocenters. The summed E-state index contributed by atoms with van der Waals surface area (Å²) in [6.07, 6.45) is 11.2. The maximum atomic E-state index is 4.35. The van der Waals surface area contributed by atoms with Gasteiger partial charge in [-0.15, -0.1) is 0 Å². The Hall–Kier alpha value is -0.560. The van der Waals surface area contributed by atoms with E-state index in [1.165, 1.54) is 37.7 Å². The summed E-state index contributed by atoms with van der Waals surface area (Å²) >= 11 is 0. The van der Waals surface area contributed by atoms with Gasteiger partial charge in [0.1, 0.15) is 0 Å². The number of hydrogen-bond acceptors (Lipinski definition) is 1. The quantitative estimate of drug-likeness (QED) is 0.696. The zero-order valence-corrected chi connectivity index (χ0v) is 10.7. The van der Waals surface area contributed by atoms with Crippen LogP contribution in [0.4, 0.5) is 0 Å². The fourth-order valence-corrected chi connectivity index (χ4v) is 2.76. The fourth-order valence-electron chi connectivity index (χ4n) is 2.76. The summed E-state index contributed by atoms with van der Waals surface area (Å²) in [5.74, 6) is 1.45. The molecule has 2 aliphatic rings. The minimum atomic E-state index is 0.512. The van der Waals surface area contributed by atoms with Crippen molar-refractivity contribution >= 4 is 0 Å². The number of nitrogens with one attached hydrogen (secondary N) is 1. The first kappa shape index (κ1) is 11.9. The van der Waals surface area contributed by atoms with E-state index in [0.29, 0.717) is 18.0 Å². The Kier molecular flexibility index (Phi) is 3.86. The normalized spacial score (nSPS) is 27.1. The van der Waals surface area contributed by atoms with Gasteiger partial charge < -0.3 is 5.32 Å². The van der Waals surface area contributed by atoms with Crippen molar-refractivity contribution in [3.8, 4) is 0 Å². The molecule has 1 fully saturated rings. The lowest BCUT2D eigenvalue weighted by molar-refractivity contribution is 0.309. The molecule has 0 aromatic rings. The molecule has 0 aromatic heterocycles. The summed E-state index contributed by atoms with van der Waals surface area (Å²) < 4.78 is 0. The molecule has 1 saturated carbocycles. The lowest BCUT2D eigenvalue weighted by atomic mass is 9.75. The van der Waals surface area contributed by atoms with Crippen LogP contribution >= 0.6 is 0 Å². The summed E-state index contributed by atoms with van der Waals surface area (Å²) in [7, 11) is 0. The molecule has 1 heteroatoms. The van der Waals surface area contributed by atoms with Gasteiger partial charge in [-0.2, -0.15) is 0 Å². The standard InChI is InChI=1S/C15H25N/c1-11(2)15(12(3)13-7-6-8-13)16-14-9-4-5-10-14/h4,9,11,13-16H,3,5-8,10H2,1-2H3. The van der Waals surface area contributed by atoms with Crippen LogP contribution in [-0.4, -0.2) is 12.1 Å². The molecule has 0 saturated heterocycles. The number of allylic oxidation sites excluding steroid dienone is 1. The van der Waals surface area contributed by atoms with Gasteiger partial charge in [0, 0.05) is 12.1 Å². The van der Waals surface area contributed by atoms with Crippen LogP contribution in [-0.2, 0) is 0 Å². The molecule has 2 aliphatic carbocycles. The third-order valence-electron chi connectivity index (χ3n) is 4.10. The summed E-state index contributed by atoms with van der Waals surface area (Å²) in [5, 5.41) is 3.78. The first-order chi connectivity index (χ1) is 7.68. The molecule has 0 aliphatic heterocycles. The van der Waals surface area contributed by atoms with Gasteiger partial charge in [-0.3, -0.25) is 0 Å². The van der Waals surface area contributed by atoms with Crippen LogP contribution in [0.3, 0.4) is 0 Å². The van der Waals surface area contributed by atoms with Crippen LogP contribution in [0.15, 0.2) is 24.3 Å². The van der Waals surface area contributed by atoms with Crippen molar-refractivity contribution in [2.45, 2.75) is 58.0 Å². The van der Waals surface area contributed by atoms with Gasteiger partial charge in [0.15, 0.2) is 0 Å². The van der Waals surface area contributed by atoms with Gasteiger partial charge in [0.25, 0.3) is 0 Å². The van der Waals surface area contributed by atoms with Crippen LogP contribution in [0.5, 0.6) is 0 Å². The maximum absolute atomic E-state index is 4.35. The zero-order chi connectivity index (χ0) is 11.5. The minimum Gasteiger partial charge on any atom is -0.304 e. The second-order valence-electron chi connectivity index (χ2n) is 5.70. The Balaban J connectivity index is 1.92. The van der Waals surface area contributed by atoms with E-state index in [2.05, 4.69) is 37.9 Å². The molecule has 0 heterocycles. The van der Waals surface area contributed by atoms with Gasteiger partial charge in [0.2, 0.25) is 0 Å². The van der Waals surface area contributed by atoms with Crippen LogP contribution < -0.4 is 5.32 Å². The Morgan fingerprint density at radius 2 is 2.06 bits per heavy atom. The van der Waals surface area contributed by atoms with Crippen molar-refractivity contribution in [1.29, 1.82) is 0 Å². The lowest BCUT2D eigenvalue weighted by Crippen LogP contribution is -2.43. The molecule has 0 spiro atoms. The first-order valence-electron chi connectivity index (χ1n) is 6.80. The highest BCUT2D eigenvalue weighted by Crippen LogP contribution is 2.35. The summed E-state index contributed by atoms with van der Waals surface area (Å²) in [5.41, 5.74) is 1.46. The summed E-state index contributed by atoms with van der Waals surface area (Å²) in [6, 6.07) is 1.10. The van der Waals surface area contributed by atoms with Crippen LogP contribution in [0, 0.1) is 11.8 Å². The zero-order valence-electron chi connectivity index (χ0n) is 10.7. The first-order valence-corrected chi connectivity index (χ1v) is 6.80. The molecule has 2 atom stereocenters. The minimum absolute atomic E-state index is 0.512. The molecule has 1 nitrogen and oxygen atoms in total. The van der Waals surface area contributed by atoms with E-state index in [-0.39, 0.29) is 0 Å². The Labute approximate surface area is 100 Å².